The highest BCUT2D eigenvalue weighted by molar-refractivity contribution is 5.58. The van der Waals surface area contributed by atoms with Crippen LogP contribution in [-0.2, 0) is 0 Å². The molecule has 1 heterocycles. The fourth-order valence-corrected chi connectivity index (χ4v) is 1.59. The summed E-state index contributed by atoms with van der Waals surface area (Å²) < 4.78 is 4.99. The van der Waals surface area contributed by atoms with Gasteiger partial charge >= 0.3 is 5.69 Å². The molecule has 9 heteroatoms. The van der Waals surface area contributed by atoms with Crippen LogP contribution in [0, 0.1) is 10.1 Å². The molecule has 0 aliphatic carbocycles. The summed E-state index contributed by atoms with van der Waals surface area (Å²) in [6.45, 7) is 1.85. The van der Waals surface area contributed by atoms with Crippen molar-refractivity contribution in [1.29, 1.82) is 0 Å². The Morgan fingerprint density at radius 3 is 2.89 bits per heavy atom. The number of nitro benzene ring substituents is 1. The quantitative estimate of drug-likeness (QED) is 0.616. The second-order valence-corrected chi connectivity index (χ2v) is 3.78. The van der Waals surface area contributed by atoms with Gasteiger partial charge in [-0.25, -0.2) is 0 Å². The van der Waals surface area contributed by atoms with Gasteiger partial charge in [0.25, 0.3) is 0 Å². The minimum Gasteiger partial charge on any atom is -0.490 e. The summed E-state index contributed by atoms with van der Waals surface area (Å²) >= 11 is 0. The molecule has 1 atom stereocenters. The average molecular weight is 264 g/mol. The second-order valence-electron chi connectivity index (χ2n) is 3.78. The molecule has 100 valence electrons. The first-order valence-corrected chi connectivity index (χ1v) is 5.44. The number of H-pyrrole nitrogens is 1. The van der Waals surface area contributed by atoms with E-state index in [2.05, 4.69) is 25.9 Å². The normalized spacial score (nSPS) is 11.9. The average Bonchev–Trinajstić information content (AvgIpc) is 2.92. The van der Waals surface area contributed by atoms with Gasteiger partial charge in [-0.2, -0.15) is 5.21 Å². The Bertz CT molecular complexity index is 571. The predicted molar refractivity (Wildman–Crippen MR) is 65.9 cm³/mol. The lowest BCUT2D eigenvalue weighted by molar-refractivity contribution is -0.385. The molecule has 2 rings (SSSR count). The molecule has 0 fully saturated rings. The van der Waals surface area contributed by atoms with Crippen molar-refractivity contribution in [2.45, 2.75) is 13.0 Å². The van der Waals surface area contributed by atoms with Crippen molar-refractivity contribution >= 4 is 11.4 Å². The lowest BCUT2D eigenvalue weighted by atomic mass is 10.2. The van der Waals surface area contributed by atoms with Gasteiger partial charge in [0.2, 0.25) is 0 Å². The van der Waals surface area contributed by atoms with Gasteiger partial charge in [-0.1, -0.05) is 5.21 Å². The number of ether oxygens (including phenoxy) is 1. The van der Waals surface area contributed by atoms with E-state index in [1.165, 1.54) is 13.2 Å². The van der Waals surface area contributed by atoms with Crippen molar-refractivity contribution in [3.63, 3.8) is 0 Å². The van der Waals surface area contributed by atoms with E-state index in [0.29, 0.717) is 11.5 Å². The number of nitrogens with zero attached hydrogens (tertiary/aromatic N) is 4. The molecule has 1 aromatic carbocycles. The maximum absolute atomic E-state index is 10.8. The van der Waals surface area contributed by atoms with Gasteiger partial charge in [0.05, 0.1) is 18.1 Å². The first-order chi connectivity index (χ1) is 9.11. The standard InChI is InChI=1S/C10H12N6O3/c1-6(10-12-14-15-13-10)11-7-3-4-8(16(17)18)9(5-7)19-2/h3-6,11H,1-2H3,(H,12,13,14,15). The van der Waals surface area contributed by atoms with Crippen LogP contribution in [0.4, 0.5) is 11.4 Å². The summed E-state index contributed by atoms with van der Waals surface area (Å²) in [6, 6.07) is 4.33. The van der Waals surface area contributed by atoms with E-state index in [1.807, 2.05) is 6.92 Å². The van der Waals surface area contributed by atoms with Crippen LogP contribution in [-0.4, -0.2) is 32.7 Å². The van der Waals surface area contributed by atoms with Gasteiger partial charge in [-0.05, 0) is 13.0 Å². The van der Waals surface area contributed by atoms with Crippen LogP contribution in [0.25, 0.3) is 0 Å². The lowest BCUT2D eigenvalue weighted by Gasteiger charge is -2.12. The number of tetrazole rings is 1. The van der Waals surface area contributed by atoms with E-state index in [0.717, 1.165) is 0 Å². The molecule has 2 N–H and O–H groups in total. The van der Waals surface area contributed by atoms with Crippen LogP contribution in [0.5, 0.6) is 5.75 Å². The van der Waals surface area contributed by atoms with E-state index in [4.69, 9.17) is 4.74 Å². The summed E-state index contributed by atoms with van der Waals surface area (Å²) in [6.07, 6.45) is 0. The Morgan fingerprint density at radius 1 is 1.53 bits per heavy atom. The molecule has 19 heavy (non-hydrogen) atoms. The van der Waals surface area contributed by atoms with E-state index >= 15 is 0 Å². The number of aromatic amines is 1. The van der Waals surface area contributed by atoms with Gasteiger partial charge < -0.3 is 10.1 Å². The molecule has 0 radical (unpaired) electrons. The number of hydrogen-bond acceptors (Lipinski definition) is 7. The first-order valence-electron chi connectivity index (χ1n) is 5.44. The summed E-state index contributed by atoms with van der Waals surface area (Å²) in [5.41, 5.74) is 0.583. The van der Waals surface area contributed by atoms with Crippen molar-refractivity contribution in [2.24, 2.45) is 0 Å². The third-order valence-electron chi connectivity index (χ3n) is 2.51. The number of aromatic nitrogens is 4. The molecule has 1 unspecified atom stereocenters. The monoisotopic (exact) mass is 264 g/mol. The van der Waals surface area contributed by atoms with E-state index in [1.54, 1.807) is 12.1 Å². The van der Waals surface area contributed by atoms with Gasteiger partial charge in [-0.3, -0.25) is 10.1 Å². The van der Waals surface area contributed by atoms with Crippen molar-refractivity contribution in [1.82, 2.24) is 20.6 Å². The predicted octanol–water partition coefficient (Wildman–Crippen LogP) is 1.29. The fourth-order valence-electron chi connectivity index (χ4n) is 1.59. The summed E-state index contributed by atoms with van der Waals surface area (Å²) in [5.74, 6) is 0.688. The summed E-state index contributed by atoms with van der Waals surface area (Å²) in [4.78, 5) is 10.3. The molecule has 0 saturated heterocycles. The molecule has 0 bridgehead atoms. The van der Waals surface area contributed by atoms with Crippen molar-refractivity contribution < 1.29 is 9.66 Å². The summed E-state index contributed by atoms with van der Waals surface area (Å²) in [5, 5.41) is 27.4. The molecule has 1 aromatic heterocycles. The topological polar surface area (TPSA) is 119 Å². The maximum Gasteiger partial charge on any atom is 0.311 e. The highest BCUT2D eigenvalue weighted by Crippen LogP contribution is 2.30. The van der Waals surface area contributed by atoms with Crippen LogP contribution in [0.1, 0.15) is 18.8 Å². The molecule has 0 spiro atoms. The van der Waals surface area contributed by atoms with Gasteiger partial charge in [0.15, 0.2) is 11.6 Å². The van der Waals surface area contributed by atoms with Crippen molar-refractivity contribution in [3.8, 4) is 5.75 Å². The molecule has 9 nitrogen and oxygen atoms in total. The number of methoxy groups -OCH3 is 1. The van der Waals surface area contributed by atoms with Crippen LogP contribution in [0.2, 0.25) is 0 Å². The van der Waals surface area contributed by atoms with Gasteiger partial charge in [0.1, 0.15) is 0 Å². The Labute approximate surface area is 108 Å². The molecular weight excluding hydrogens is 252 g/mol. The van der Waals surface area contributed by atoms with E-state index in [-0.39, 0.29) is 17.5 Å². The van der Waals surface area contributed by atoms with Gasteiger partial charge in [-0.15, -0.1) is 10.2 Å². The largest absolute Gasteiger partial charge is 0.490 e. The van der Waals surface area contributed by atoms with E-state index < -0.39 is 4.92 Å². The zero-order valence-electron chi connectivity index (χ0n) is 10.3. The second kappa shape index (κ2) is 5.29. The molecule has 0 aliphatic heterocycles. The Morgan fingerprint density at radius 2 is 2.32 bits per heavy atom. The molecule has 0 amide bonds. The van der Waals surface area contributed by atoms with E-state index in [9.17, 15) is 10.1 Å². The molecular formula is C10H12N6O3. The van der Waals surface area contributed by atoms with Crippen molar-refractivity contribution in [2.75, 3.05) is 12.4 Å². The number of rotatable bonds is 5. The van der Waals surface area contributed by atoms with Crippen LogP contribution < -0.4 is 10.1 Å². The van der Waals surface area contributed by atoms with Crippen LogP contribution >= 0.6 is 0 Å². The number of nitro groups is 1. The highest BCUT2D eigenvalue weighted by Gasteiger charge is 2.16. The highest BCUT2D eigenvalue weighted by atomic mass is 16.6. The zero-order chi connectivity index (χ0) is 13.8. The SMILES string of the molecule is COc1cc(NC(C)c2nn[nH]n2)ccc1[N+](=O)[O-]. The number of benzene rings is 1. The number of anilines is 1. The Kier molecular flexibility index (Phi) is 3.55. The minimum atomic E-state index is -0.495. The Hall–Kier alpha value is -2.71. The summed E-state index contributed by atoms with van der Waals surface area (Å²) in [7, 11) is 1.38. The molecule has 2 aromatic rings. The lowest BCUT2D eigenvalue weighted by Crippen LogP contribution is -2.08. The Balaban J connectivity index is 2.20. The molecule has 0 aliphatic rings. The van der Waals surface area contributed by atoms with Crippen molar-refractivity contribution in [3.05, 3.63) is 34.1 Å². The fraction of sp³-hybridized carbons (Fsp3) is 0.300. The maximum atomic E-state index is 10.8. The first kappa shape index (κ1) is 12.7. The van der Waals surface area contributed by atoms with Crippen LogP contribution in [0.15, 0.2) is 18.2 Å². The zero-order valence-corrected chi connectivity index (χ0v) is 10.3. The molecule has 0 saturated carbocycles. The van der Waals surface area contributed by atoms with Crippen LogP contribution in [0.3, 0.4) is 0 Å². The third-order valence-corrected chi connectivity index (χ3v) is 2.51. The number of hydrogen-bond donors (Lipinski definition) is 2. The van der Waals surface area contributed by atoms with Gasteiger partial charge in [0, 0.05) is 17.8 Å². The smallest absolute Gasteiger partial charge is 0.311 e. The minimum absolute atomic E-state index is 0.0831. The third kappa shape index (κ3) is 2.76. The number of nitrogens with one attached hydrogen (secondary N) is 2.